The number of aliphatic hydroxyl groups excluding tert-OH is 5. The molecular formula is C75H141NO10. The lowest BCUT2D eigenvalue weighted by atomic mass is 9.99. The lowest BCUT2D eigenvalue weighted by Gasteiger charge is -2.40. The Kier molecular flexibility index (Phi) is 61.3. The monoisotopic (exact) mass is 1220 g/mol. The second-order valence-electron chi connectivity index (χ2n) is 26.0. The van der Waals surface area contributed by atoms with Crippen LogP contribution in [-0.4, -0.2) is 100 Å². The van der Waals surface area contributed by atoms with E-state index in [1.165, 1.54) is 283 Å². The van der Waals surface area contributed by atoms with Gasteiger partial charge in [-0.2, -0.15) is 0 Å². The Hall–Kier alpha value is -2.12. The summed E-state index contributed by atoms with van der Waals surface area (Å²) < 4.78 is 16.7. The SMILES string of the molecule is CCCCCCCC/C=C\CCCCCCCCCC(=O)OCCCCCCCCCCCCCC/C=C\CCCCCCCCCCCCCCCCCCC(=O)NC(COC1OC(CO)C(O)C(O)C1O)C(O)/C=C/CCCCCCCCC. The minimum Gasteiger partial charge on any atom is -0.466 e. The van der Waals surface area contributed by atoms with E-state index in [-0.39, 0.29) is 18.5 Å². The van der Waals surface area contributed by atoms with Gasteiger partial charge in [0.05, 0.1) is 32.0 Å². The molecule has 1 fully saturated rings. The van der Waals surface area contributed by atoms with Crippen molar-refractivity contribution in [2.75, 3.05) is 19.8 Å². The number of nitrogens with one attached hydrogen (secondary N) is 1. The van der Waals surface area contributed by atoms with Crippen molar-refractivity contribution in [3.05, 3.63) is 36.5 Å². The molecule has 1 heterocycles. The van der Waals surface area contributed by atoms with Crippen LogP contribution in [0.3, 0.4) is 0 Å². The number of carbonyl (C=O) groups excluding carboxylic acids is 2. The van der Waals surface area contributed by atoms with Crippen molar-refractivity contribution in [2.45, 2.75) is 410 Å². The highest BCUT2D eigenvalue weighted by Crippen LogP contribution is 2.23. The third-order valence-electron chi connectivity index (χ3n) is 17.7. The molecule has 1 aliphatic rings. The molecule has 0 aliphatic carbocycles. The van der Waals surface area contributed by atoms with E-state index >= 15 is 0 Å². The molecule has 506 valence electrons. The minimum absolute atomic E-state index is 0.00768. The zero-order chi connectivity index (χ0) is 62.3. The second kappa shape index (κ2) is 64.4. The Morgan fingerprint density at radius 1 is 0.419 bits per heavy atom. The van der Waals surface area contributed by atoms with Crippen molar-refractivity contribution in [1.29, 1.82) is 0 Å². The topological polar surface area (TPSA) is 175 Å². The maximum Gasteiger partial charge on any atom is 0.305 e. The summed E-state index contributed by atoms with van der Waals surface area (Å²) in [5, 5.41) is 54.3. The number of hydrogen-bond acceptors (Lipinski definition) is 10. The fourth-order valence-electron chi connectivity index (χ4n) is 11.8. The Balaban J connectivity index is 1.88. The van der Waals surface area contributed by atoms with Gasteiger partial charge in [0, 0.05) is 12.8 Å². The average Bonchev–Trinajstić information content (AvgIpc) is 3.72. The molecule has 6 N–H and O–H groups in total. The zero-order valence-corrected chi connectivity index (χ0v) is 56.3. The summed E-state index contributed by atoms with van der Waals surface area (Å²) in [6, 6.07) is -0.807. The fraction of sp³-hybridized carbons (Fsp3) is 0.893. The molecule has 0 saturated carbocycles. The van der Waals surface area contributed by atoms with E-state index in [0.29, 0.717) is 19.4 Å². The van der Waals surface area contributed by atoms with Crippen LogP contribution in [0.15, 0.2) is 36.5 Å². The summed E-state index contributed by atoms with van der Waals surface area (Å²) in [5.41, 5.74) is 0. The molecule has 0 radical (unpaired) electrons. The lowest BCUT2D eigenvalue weighted by molar-refractivity contribution is -0.302. The summed E-state index contributed by atoms with van der Waals surface area (Å²) in [5.74, 6) is -0.172. The van der Waals surface area contributed by atoms with E-state index < -0.39 is 49.5 Å². The summed E-state index contributed by atoms with van der Waals surface area (Å²) >= 11 is 0. The number of unbranched alkanes of at least 4 members (excludes halogenated alkanes) is 48. The van der Waals surface area contributed by atoms with Crippen molar-refractivity contribution in [3.63, 3.8) is 0 Å². The van der Waals surface area contributed by atoms with E-state index in [2.05, 4.69) is 43.5 Å². The standard InChI is InChI=1S/C75H141NO10/c1-3-5-7-9-11-13-14-15-16-33-37-40-43-47-51-55-59-63-71(80)84-64-60-56-52-48-44-41-38-35-32-30-28-26-24-22-20-18-17-19-21-23-25-27-29-31-34-36-39-42-46-50-54-58-62-70(79)76-67(68(78)61-57-53-49-45-12-10-8-6-4-2)66-85-75-74(83)73(82)72(81)69(65-77)86-75/h15-16,20,22,57,61,67-69,72-75,77-78,81-83H,3-14,17-19,21,23-56,58-60,62-66H2,1-2H3,(H,76,79)/b16-15-,22-20-,61-57+. The first-order valence-electron chi connectivity index (χ1n) is 37.3. The summed E-state index contributed by atoms with van der Waals surface area (Å²) in [6.07, 6.45) is 73.1. The maximum atomic E-state index is 13.0. The van der Waals surface area contributed by atoms with Crippen LogP contribution in [0.2, 0.25) is 0 Å². The summed E-state index contributed by atoms with van der Waals surface area (Å²) in [7, 11) is 0. The van der Waals surface area contributed by atoms with E-state index in [9.17, 15) is 35.1 Å². The maximum absolute atomic E-state index is 13.0. The van der Waals surface area contributed by atoms with Crippen LogP contribution in [0.4, 0.5) is 0 Å². The molecule has 7 atom stereocenters. The first-order chi connectivity index (χ1) is 42.2. The number of ether oxygens (including phenoxy) is 3. The molecule has 7 unspecified atom stereocenters. The molecular weight excluding hydrogens is 1070 g/mol. The molecule has 11 heteroatoms. The van der Waals surface area contributed by atoms with Crippen LogP contribution in [0, 0.1) is 0 Å². The molecule has 1 rings (SSSR count). The molecule has 1 saturated heterocycles. The van der Waals surface area contributed by atoms with Crippen molar-refractivity contribution in [2.24, 2.45) is 0 Å². The van der Waals surface area contributed by atoms with E-state index in [4.69, 9.17) is 14.2 Å². The first-order valence-corrected chi connectivity index (χ1v) is 37.3. The van der Waals surface area contributed by atoms with Gasteiger partial charge in [0.1, 0.15) is 24.4 Å². The molecule has 0 aromatic carbocycles. The predicted octanol–water partition coefficient (Wildman–Crippen LogP) is 19.4. The van der Waals surface area contributed by atoms with Gasteiger partial charge in [0.2, 0.25) is 5.91 Å². The van der Waals surface area contributed by atoms with Crippen molar-refractivity contribution < 1.29 is 49.3 Å². The molecule has 11 nitrogen and oxygen atoms in total. The smallest absolute Gasteiger partial charge is 0.305 e. The van der Waals surface area contributed by atoms with Crippen molar-refractivity contribution >= 4 is 11.9 Å². The lowest BCUT2D eigenvalue weighted by Crippen LogP contribution is -2.60. The van der Waals surface area contributed by atoms with Gasteiger partial charge in [0.15, 0.2) is 6.29 Å². The first kappa shape index (κ1) is 81.9. The predicted molar refractivity (Wildman–Crippen MR) is 361 cm³/mol. The summed E-state index contributed by atoms with van der Waals surface area (Å²) in [4.78, 5) is 25.1. The third kappa shape index (κ3) is 52.6. The minimum atomic E-state index is -1.57. The Labute approximate surface area is 530 Å². The number of aliphatic hydroxyl groups is 5. The Bertz CT molecular complexity index is 1520. The highest BCUT2D eigenvalue weighted by atomic mass is 16.7. The zero-order valence-electron chi connectivity index (χ0n) is 56.3. The Morgan fingerprint density at radius 3 is 1.12 bits per heavy atom. The van der Waals surface area contributed by atoms with Gasteiger partial charge in [-0.15, -0.1) is 0 Å². The highest BCUT2D eigenvalue weighted by molar-refractivity contribution is 5.76. The van der Waals surface area contributed by atoms with Crippen molar-refractivity contribution in [3.8, 4) is 0 Å². The molecule has 0 aromatic rings. The van der Waals surface area contributed by atoms with Gasteiger partial charge in [-0.3, -0.25) is 9.59 Å². The quantitative estimate of drug-likeness (QED) is 0.0195. The van der Waals surface area contributed by atoms with Crippen LogP contribution in [0.25, 0.3) is 0 Å². The second-order valence-corrected chi connectivity index (χ2v) is 26.0. The molecule has 86 heavy (non-hydrogen) atoms. The largest absolute Gasteiger partial charge is 0.466 e. The molecule has 0 aromatic heterocycles. The molecule has 0 spiro atoms. The molecule has 1 aliphatic heterocycles. The number of amides is 1. The van der Waals surface area contributed by atoms with Gasteiger partial charge in [-0.25, -0.2) is 0 Å². The van der Waals surface area contributed by atoms with Crippen LogP contribution < -0.4 is 5.32 Å². The van der Waals surface area contributed by atoms with Gasteiger partial charge in [-0.05, 0) is 83.5 Å². The van der Waals surface area contributed by atoms with Gasteiger partial charge >= 0.3 is 5.97 Å². The molecule has 0 bridgehead atoms. The average molecular weight is 1220 g/mol. The third-order valence-corrected chi connectivity index (χ3v) is 17.7. The number of carbonyl (C=O) groups is 2. The number of rotatable bonds is 66. The van der Waals surface area contributed by atoms with Crippen LogP contribution in [0.5, 0.6) is 0 Å². The highest BCUT2D eigenvalue weighted by Gasteiger charge is 2.44. The van der Waals surface area contributed by atoms with Crippen molar-refractivity contribution in [1.82, 2.24) is 5.32 Å². The number of hydrogen-bond donors (Lipinski definition) is 6. The normalized spacial score (nSPS) is 18.1. The van der Waals surface area contributed by atoms with Gasteiger partial charge in [-0.1, -0.05) is 307 Å². The molecule has 1 amide bonds. The van der Waals surface area contributed by atoms with E-state index in [1.807, 2.05) is 6.08 Å². The van der Waals surface area contributed by atoms with Crippen LogP contribution in [-0.2, 0) is 23.8 Å². The van der Waals surface area contributed by atoms with Crippen LogP contribution >= 0.6 is 0 Å². The summed E-state index contributed by atoms with van der Waals surface area (Å²) in [6.45, 7) is 4.35. The van der Waals surface area contributed by atoms with E-state index in [0.717, 1.165) is 57.8 Å². The van der Waals surface area contributed by atoms with Gasteiger partial charge in [0.25, 0.3) is 0 Å². The number of esters is 1. The number of allylic oxidation sites excluding steroid dienone is 5. The fourth-order valence-corrected chi connectivity index (χ4v) is 11.8. The van der Waals surface area contributed by atoms with Crippen LogP contribution in [0.1, 0.15) is 367 Å². The Morgan fingerprint density at radius 2 is 0.744 bits per heavy atom. The van der Waals surface area contributed by atoms with Gasteiger partial charge < -0.3 is 45.1 Å². The van der Waals surface area contributed by atoms with E-state index in [1.54, 1.807) is 6.08 Å².